The summed E-state index contributed by atoms with van der Waals surface area (Å²) >= 11 is 0. The molecule has 1 atom stereocenters. The maximum Gasteiger partial charge on any atom is 0.241 e. The largest absolute Gasteiger partial charge is 0.497 e. The summed E-state index contributed by atoms with van der Waals surface area (Å²) in [5.41, 5.74) is 7.57. The average molecular weight is 250 g/mol. The zero-order chi connectivity index (χ0) is 13.7. The van der Waals surface area contributed by atoms with Crippen LogP contribution in [0.25, 0.3) is 0 Å². The normalized spacial score (nSPS) is 12.3. The third-order valence-electron chi connectivity index (χ3n) is 2.75. The van der Waals surface area contributed by atoms with E-state index < -0.39 is 6.04 Å². The van der Waals surface area contributed by atoms with E-state index in [0.29, 0.717) is 12.3 Å². The Hall–Kier alpha value is -1.55. The summed E-state index contributed by atoms with van der Waals surface area (Å²) in [4.78, 5) is 11.9. The SMILES string of the molecule is COc1ccc(NC(=O)C(N)CC(C)C)c(C)c1. The van der Waals surface area contributed by atoms with Crippen molar-refractivity contribution >= 4 is 11.6 Å². The number of hydrogen-bond acceptors (Lipinski definition) is 3. The van der Waals surface area contributed by atoms with Crippen molar-refractivity contribution in [3.63, 3.8) is 0 Å². The van der Waals surface area contributed by atoms with E-state index in [2.05, 4.69) is 5.32 Å². The number of benzene rings is 1. The zero-order valence-electron chi connectivity index (χ0n) is 11.5. The molecule has 0 aromatic heterocycles. The molecule has 1 amide bonds. The van der Waals surface area contributed by atoms with E-state index in [4.69, 9.17) is 10.5 Å². The van der Waals surface area contributed by atoms with Gasteiger partial charge < -0.3 is 15.8 Å². The highest BCUT2D eigenvalue weighted by Gasteiger charge is 2.15. The van der Waals surface area contributed by atoms with Crippen molar-refractivity contribution in [3.8, 4) is 5.75 Å². The van der Waals surface area contributed by atoms with Gasteiger partial charge >= 0.3 is 0 Å². The molecule has 0 bridgehead atoms. The highest BCUT2D eigenvalue weighted by molar-refractivity contribution is 5.95. The second-order valence-electron chi connectivity index (χ2n) is 4.91. The smallest absolute Gasteiger partial charge is 0.241 e. The fourth-order valence-corrected chi connectivity index (χ4v) is 1.74. The first-order valence-electron chi connectivity index (χ1n) is 6.15. The average Bonchev–Trinajstić information content (AvgIpc) is 2.30. The maximum atomic E-state index is 11.9. The monoisotopic (exact) mass is 250 g/mol. The molecule has 100 valence electrons. The van der Waals surface area contributed by atoms with E-state index in [9.17, 15) is 4.79 Å². The summed E-state index contributed by atoms with van der Waals surface area (Å²) in [6.07, 6.45) is 0.682. The topological polar surface area (TPSA) is 64.3 Å². The van der Waals surface area contributed by atoms with E-state index >= 15 is 0 Å². The molecule has 1 rings (SSSR count). The van der Waals surface area contributed by atoms with Gasteiger partial charge in [-0.3, -0.25) is 4.79 Å². The predicted octanol–water partition coefficient (Wildman–Crippen LogP) is 2.32. The molecule has 4 heteroatoms. The second-order valence-corrected chi connectivity index (χ2v) is 4.91. The fourth-order valence-electron chi connectivity index (χ4n) is 1.74. The number of anilines is 1. The Morgan fingerprint density at radius 2 is 2.11 bits per heavy atom. The molecule has 0 aliphatic carbocycles. The number of amides is 1. The van der Waals surface area contributed by atoms with Crippen molar-refractivity contribution in [3.05, 3.63) is 23.8 Å². The first-order chi connectivity index (χ1) is 8.43. The molecule has 0 radical (unpaired) electrons. The Balaban J connectivity index is 2.70. The first-order valence-corrected chi connectivity index (χ1v) is 6.15. The Morgan fingerprint density at radius 1 is 1.44 bits per heavy atom. The molecule has 1 aromatic carbocycles. The van der Waals surface area contributed by atoms with Gasteiger partial charge in [0.05, 0.1) is 13.2 Å². The van der Waals surface area contributed by atoms with Gasteiger partial charge in [0.15, 0.2) is 0 Å². The summed E-state index contributed by atoms with van der Waals surface area (Å²) in [5, 5.41) is 2.85. The molecule has 1 unspecified atom stereocenters. The number of nitrogens with one attached hydrogen (secondary N) is 1. The van der Waals surface area contributed by atoms with Gasteiger partial charge in [-0.15, -0.1) is 0 Å². The van der Waals surface area contributed by atoms with Crippen LogP contribution in [0, 0.1) is 12.8 Å². The Kier molecular flexibility index (Phi) is 5.16. The summed E-state index contributed by atoms with van der Waals surface area (Å²) in [6.45, 7) is 6.02. The molecule has 0 saturated carbocycles. The Bertz CT molecular complexity index is 416. The van der Waals surface area contributed by atoms with Gasteiger partial charge in [-0.1, -0.05) is 13.8 Å². The maximum absolute atomic E-state index is 11.9. The number of hydrogen-bond donors (Lipinski definition) is 2. The quantitative estimate of drug-likeness (QED) is 0.843. The highest BCUT2D eigenvalue weighted by Crippen LogP contribution is 2.21. The van der Waals surface area contributed by atoms with E-state index in [-0.39, 0.29) is 5.91 Å². The summed E-state index contributed by atoms with van der Waals surface area (Å²) < 4.78 is 5.12. The minimum Gasteiger partial charge on any atom is -0.497 e. The van der Waals surface area contributed by atoms with Crippen molar-refractivity contribution in [2.45, 2.75) is 33.2 Å². The molecule has 0 aliphatic heterocycles. The number of ether oxygens (including phenoxy) is 1. The zero-order valence-corrected chi connectivity index (χ0v) is 11.5. The summed E-state index contributed by atoms with van der Waals surface area (Å²) in [6, 6.07) is 5.06. The van der Waals surface area contributed by atoms with Crippen LogP contribution in [-0.4, -0.2) is 19.1 Å². The fraction of sp³-hybridized carbons (Fsp3) is 0.500. The molecule has 0 spiro atoms. The van der Waals surface area contributed by atoms with Crippen LogP contribution < -0.4 is 15.8 Å². The molecule has 3 N–H and O–H groups in total. The van der Waals surface area contributed by atoms with Gasteiger partial charge in [0, 0.05) is 5.69 Å². The van der Waals surface area contributed by atoms with E-state index in [1.165, 1.54) is 0 Å². The molecule has 0 heterocycles. The predicted molar refractivity (Wildman–Crippen MR) is 73.8 cm³/mol. The molecule has 1 aromatic rings. The Labute approximate surface area is 109 Å². The van der Waals surface area contributed by atoms with Crippen molar-refractivity contribution in [2.75, 3.05) is 12.4 Å². The van der Waals surface area contributed by atoms with Crippen molar-refractivity contribution in [1.82, 2.24) is 0 Å². The van der Waals surface area contributed by atoms with E-state index in [0.717, 1.165) is 17.0 Å². The van der Waals surface area contributed by atoms with Gasteiger partial charge in [0.1, 0.15) is 5.75 Å². The Morgan fingerprint density at radius 3 is 2.61 bits per heavy atom. The van der Waals surface area contributed by atoms with E-state index in [1.54, 1.807) is 7.11 Å². The standard InChI is InChI=1S/C14H22N2O2/c1-9(2)7-12(15)14(17)16-13-6-5-11(18-4)8-10(13)3/h5-6,8-9,12H,7,15H2,1-4H3,(H,16,17). The van der Waals surface area contributed by atoms with Gasteiger partial charge in [-0.05, 0) is 43.0 Å². The lowest BCUT2D eigenvalue weighted by atomic mass is 10.0. The van der Waals surface area contributed by atoms with Crippen molar-refractivity contribution in [2.24, 2.45) is 11.7 Å². The molecular weight excluding hydrogens is 228 g/mol. The molecule has 4 nitrogen and oxygen atoms in total. The molecular formula is C14H22N2O2. The van der Waals surface area contributed by atoms with Crippen LogP contribution >= 0.6 is 0 Å². The van der Waals surface area contributed by atoms with Crippen molar-refractivity contribution in [1.29, 1.82) is 0 Å². The third-order valence-corrected chi connectivity index (χ3v) is 2.75. The van der Waals surface area contributed by atoms with Crippen LogP contribution in [0.15, 0.2) is 18.2 Å². The number of carbonyl (C=O) groups excluding carboxylic acids is 1. The van der Waals surface area contributed by atoms with Gasteiger partial charge in [-0.25, -0.2) is 0 Å². The number of rotatable bonds is 5. The van der Waals surface area contributed by atoms with Gasteiger partial charge in [-0.2, -0.15) is 0 Å². The summed E-state index contributed by atoms with van der Waals surface area (Å²) in [5.74, 6) is 1.04. The van der Waals surface area contributed by atoms with Crippen LogP contribution in [-0.2, 0) is 4.79 Å². The summed E-state index contributed by atoms with van der Waals surface area (Å²) in [7, 11) is 1.62. The second kappa shape index (κ2) is 6.40. The molecule has 0 saturated heterocycles. The van der Waals surface area contributed by atoms with Gasteiger partial charge in [0.25, 0.3) is 0 Å². The van der Waals surface area contributed by atoms with E-state index in [1.807, 2.05) is 39.0 Å². The van der Waals surface area contributed by atoms with Crippen LogP contribution in [0.3, 0.4) is 0 Å². The number of methoxy groups -OCH3 is 1. The lowest BCUT2D eigenvalue weighted by Gasteiger charge is -2.15. The molecule has 18 heavy (non-hydrogen) atoms. The first kappa shape index (κ1) is 14.5. The molecule has 0 fully saturated rings. The number of nitrogens with two attached hydrogens (primary N) is 1. The highest BCUT2D eigenvalue weighted by atomic mass is 16.5. The number of carbonyl (C=O) groups is 1. The third kappa shape index (κ3) is 4.04. The molecule has 0 aliphatic rings. The number of aryl methyl sites for hydroxylation is 1. The van der Waals surface area contributed by atoms with Gasteiger partial charge in [0.2, 0.25) is 5.91 Å². The van der Waals surface area contributed by atoms with Crippen LogP contribution in [0.5, 0.6) is 5.75 Å². The van der Waals surface area contributed by atoms with Crippen LogP contribution in [0.1, 0.15) is 25.8 Å². The van der Waals surface area contributed by atoms with Crippen LogP contribution in [0.4, 0.5) is 5.69 Å². The van der Waals surface area contributed by atoms with Crippen molar-refractivity contribution < 1.29 is 9.53 Å². The van der Waals surface area contributed by atoms with Crippen LogP contribution in [0.2, 0.25) is 0 Å². The lowest BCUT2D eigenvalue weighted by Crippen LogP contribution is -2.36. The minimum atomic E-state index is -0.466. The lowest BCUT2D eigenvalue weighted by molar-refractivity contribution is -0.117. The minimum absolute atomic E-state index is 0.142.